The Morgan fingerprint density at radius 1 is 0.714 bits per heavy atom. The summed E-state index contributed by atoms with van der Waals surface area (Å²) >= 11 is 0. The molecule has 0 radical (unpaired) electrons. The van der Waals surface area contributed by atoms with Gasteiger partial charge in [-0.2, -0.15) is 0 Å². The molecule has 28 heavy (non-hydrogen) atoms. The van der Waals surface area contributed by atoms with Gasteiger partial charge in [-0.25, -0.2) is 14.4 Å². The van der Waals surface area contributed by atoms with Crippen LogP contribution in [0.25, 0.3) is 0 Å². The van der Waals surface area contributed by atoms with E-state index in [0.29, 0.717) is 19.8 Å². The third-order valence-electron chi connectivity index (χ3n) is 2.17. The van der Waals surface area contributed by atoms with Gasteiger partial charge in [0, 0.05) is 44.1 Å². The van der Waals surface area contributed by atoms with Gasteiger partial charge in [-0.1, -0.05) is 33.1 Å². The number of aliphatic carboxylic acids is 3. The highest BCUT2D eigenvalue weighted by Gasteiger charge is 2.38. The Kier molecular flexibility index (Phi) is 29.4. The normalized spacial score (nSPS) is 9.00. The number of carboxylic acid groups (broad SMARTS) is 3. The molecule has 0 aliphatic rings. The van der Waals surface area contributed by atoms with Gasteiger partial charge in [0.2, 0.25) is 0 Å². The van der Waals surface area contributed by atoms with Crippen molar-refractivity contribution >= 4 is 26.7 Å². The van der Waals surface area contributed by atoms with Crippen LogP contribution in [-0.2, 0) is 27.7 Å². The van der Waals surface area contributed by atoms with Crippen molar-refractivity contribution in [3.05, 3.63) is 38.0 Å². The largest absolute Gasteiger partial charge is 0.500 e. The molecule has 3 N–H and O–H groups in total. The van der Waals surface area contributed by atoms with Crippen LogP contribution in [0, 0.1) is 0 Å². The lowest BCUT2D eigenvalue weighted by Crippen LogP contribution is -2.45. The maximum Gasteiger partial charge on any atom is 0.500 e. The van der Waals surface area contributed by atoms with E-state index in [1.807, 2.05) is 20.8 Å². The van der Waals surface area contributed by atoms with Gasteiger partial charge in [0.05, 0.1) is 0 Å². The maximum atomic E-state index is 9.25. The molecule has 0 unspecified atom stereocenters. The minimum Gasteiger partial charge on any atom is -0.478 e. The number of carboxylic acids is 3. The van der Waals surface area contributed by atoms with E-state index in [0.717, 1.165) is 30.7 Å². The zero-order chi connectivity index (χ0) is 23.0. The Hall–Kier alpha value is -2.27. The van der Waals surface area contributed by atoms with Crippen molar-refractivity contribution in [1.29, 1.82) is 0 Å². The van der Waals surface area contributed by atoms with Gasteiger partial charge >= 0.3 is 26.7 Å². The topological polar surface area (TPSA) is 140 Å². The van der Waals surface area contributed by atoms with Crippen LogP contribution >= 0.6 is 0 Å². The number of rotatable bonds is 11. The fraction of sp³-hybridized carbons (Fsp3) is 0.500. The van der Waals surface area contributed by atoms with Gasteiger partial charge in [0.15, 0.2) is 0 Å². The summed E-state index contributed by atoms with van der Waals surface area (Å²) in [6, 6.07) is 0.919. The summed E-state index contributed by atoms with van der Waals surface area (Å²) < 4.78 is 16.9. The molecule has 0 aromatic heterocycles. The lowest BCUT2D eigenvalue weighted by atomic mass is 10.6. The molecule has 0 aliphatic heterocycles. The van der Waals surface area contributed by atoms with Crippen molar-refractivity contribution in [1.82, 2.24) is 0 Å². The van der Waals surface area contributed by atoms with Crippen LogP contribution in [0.5, 0.6) is 0 Å². The van der Waals surface area contributed by atoms with Gasteiger partial charge in [-0.05, 0) is 20.8 Å². The van der Waals surface area contributed by atoms with E-state index in [4.69, 9.17) is 28.6 Å². The molecule has 0 aliphatic carbocycles. The van der Waals surface area contributed by atoms with Crippen molar-refractivity contribution in [3.63, 3.8) is 0 Å². The summed E-state index contributed by atoms with van der Waals surface area (Å²) in [6.45, 7) is 19.0. The van der Waals surface area contributed by atoms with E-state index in [-0.39, 0.29) is 0 Å². The predicted octanol–water partition coefficient (Wildman–Crippen LogP) is 3.22. The fourth-order valence-corrected chi connectivity index (χ4v) is 3.92. The van der Waals surface area contributed by atoms with Crippen LogP contribution in [0.4, 0.5) is 0 Å². The second-order valence-electron chi connectivity index (χ2n) is 4.36. The second kappa shape index (κ2) is 24.7. The summed E-state index contributed by atoms with van der Waals surface area (Å²) in [5.74, 6) is -2.94. The molecule has 9 nitrogen and oxygen atoms in total. The Bertz CT molecular complexity index is 378. The first kappa shape index (κ1) is 33.3. The molecule has 10 heteroatoms. The third-order valence-corrected chi connectivity index (χ3v) is 5.47. The molecule has 0 amide bonds. The smallest absolute Gasteiger partial charge is 0.478 e. The van der Waals surface area contributed by atoms with Crippen molar-refractivity contribution in [2.75, 3.05) is 19.8 Å². The third kappa shape index (κ3) is 31.5. The first-order valence-electron chi connectivity index (χ1n) is 8.53. The lowest BCUT2D eigenvalue weighted by molar-refractivity contribution is -0.132. The summed E-state index contributed by atoms with van der Waals surface area (Å²) in [7, 11) is -2.30. The number of hydrogen-bond donors (Lipinski definition) is 3. The summed E-state index contributed by atoms with van der Waals surface area (Å²) in [5.41, 5.74) is 0. The highest BCUT2D eigenvalue weighted by Crippen LogP contribution is 2.17. The molecule has 0 saturated heterocycles. The van der Waals surface area contributed by atoms with E-state index < -0.39 is 26.7 Å². The second-order valence-corrected chi connectivity index (χ2v) is 7.09. The van der Waals surface area contributed by atoms with E-state index in [2.05, 4.69) is 26.7 Å². The van der Waals surface area contributed by atoms with E-state index in [1.54, 1.807) is 0 Å². The minimum atomic E-state index is -2.30. The quantitative estimate of drug-likeness (QED) is 0.338. The highest BCUT2D eigenvalue weighted by atomic mass is 28.4. The molecule has 0 aromatic carbocycles. The molecule has 0 spiro atoms. The van der Waals surface area contributed by atoms with E-state index in [9.17, 15) is 14.4 Å². The van der Waals surface area contributed by atoms with Gasteiger partial charge < -0.3 is 28.6 Å². The number of hydrogen-bond acceptors (Lipinski definition) is 6. The van der Waals surface area contributed by atoms with Gasteiger partial charge in [0.1, 0.15) is 0 Å². The SMILES string of the molecule is C=CC(=O)O.C=CC(=O)O.C=CC(=O)O.CCC[Si](OCC)(OCC)OCC. The Morgan fingerprint density at radius 2 is 0.929 bits per heavy atom. The zero-order valence-electron chi connectivity index (χ0n) is 17.2. The molecule has 0 rings (SSSR count). The fourth-order valence-electron chi connectivity index (χ4n) is 1.31. The highest BCUT2D eigenvalue weighted by molar-refractivity contribution is 6.60. The molecular formula is C18H34O9Si. The Labute approximate surface area is 168 Å². The molecule has 0 atom stereocenters. The van der Waals surface area contributed by atoms with E-state index in [1.165, 1.54) is 0 Å². The molecule has 0 fully saturated rings. The summed E-state index contributed by atoms with van der Waals surface area (Å²) in [4.78, 5) is 27.8. The van der Waals surface area contributed by atoms with Gasteiger partial charge in [-0.3, -0.25) is 0 Å². The Morgan fingerprint density at radius 3 is 1.04 bits per heavy atom. The molecule has 0 aromatic rings. The molecule has 164 valence electrons. The van der Waals surface area contributed by atoms with Crippen molar-refractivity contribution in [2.45, 2.75) is 40.2 Å². The van der Waals surface area contributed by atoms with Crippen LogP contribution in [0.1, 0.15) is 34.1 Å². The van der Waals surface area contributed by atoms with Gasteiger partial charge in [-0.15, -0.1) is 0 Å². The van der Waals surface area contributed by atoms with Crippen molar-refractivity contribution in [2.24, 2.45) is 0 Å². The zero-order valence-corrected chi connectivity index (χ0v) is 18.2. The Balaban J connectivity index is -0.000000159. The van der Waals surface area contributed by atoms with Crippen molar-refractivity contribution < 1.29 is 43.0 Å². The average molecular weight is 423 g/mol. The first-order valence-corrected chi connectivity index (χ1v) is 10.5. The van der Waals surface area contributed by atoms with Crippen LogP contribution in [0.3, 0.4) is 0 Å². The first-order chi connectivity index (χ1) is 13.1. The van der Waals surface area contributed by atoms with Crippen molar-refractivity contribution in [3.8, 4) is 0 Å². The van der Waals surface area contributed by atoms with Gasteiger partial charge in [0.25, 0.3) is 0 Å². The van der Waals surface area contributed by atoms with Crippen LogP contribution in [0.2, 0.25) is 6.04 Å². The number of carbonyl (C=O) groups is 3. The predicted molar refractivity (Wildman–Crippen MR) is 109 cm³/mol. The average Bonchev–Trinajstić information content (AvgIpc) is 2.64. The lowest BCUT2D eigenvalue weighted by Gasteiger charge is -2.27. The van der Waals surface area contributed by atoms with Crippen LogP contribution < -0.4 is 0 Å². The summed E-state index contributed by atoms with van der Waals surface area (Å²) in [5, 5.41) is 22.8. The molecule has 0 heterocycles. The molecule has 0 bridgehead atoms. The standard InChI is InChI=1S/C9H22O3Si.3C3H4O2/c1-5-9-13(10-6-2,11-7-3)12-8-4;3*1-2-3(4)5/h5-9H2,1-4H3;3*2H,1H2,(H,4,5). The van der Waals surface area contributed by atoms with Crippen LogP contribution in [0.15, 0.2) is 38.0 Å². The maximum absolute atomic E-state index is 9.25. The minimum absolute atomic E-state index is 0.673. The van der Waals surface area contributed by atoms with E-state index >= 15 is 0 Å². The monoisotopic (exact) mass is 422 g/mol. The van der Waals surface area contributed by atoms with Crippen LogP contribution in [-0.4, -0.2) is 61.9 Å². The molecule has 0 saturated carbocycles. The summed E-state index contributed by atoms with van der Waals surface area (Å²) in [6.07, 6.45) is 3.55. The molecular weight excluding hydrogens is 388 g/mol.